The monoisotopic (exact) mass is 275 g/mol. The number of hydrogen-bond donors (Lipinski definition) is 1. The van der Waals surface area contributed by atoms with Gasteiger partial charge in [-0.25, -0.2) is 4.98 Å². The number of fused-ring (bicyclic) bond motifs is 1. The molecule has 20 heavy (non-hydrogen) atoms. The first-order valence-corrected chi connectivity index (χ1v) is 6.78. The van der Waals surface area contributed by atoms with Crippen LogP contribution in [0.4, 0.5) is 0 Å². The van der Waals surface area contributed by atoms with E-state index in [0.29, 0.717) is 5.75 Å². The van der Waals surface area contributed by atoms with Crippen LogP contribution in [-0.4, -0.2) is 27.6 Å². The zero-order valence-corrected chi connectivity index (χ0v) is 12.4. The standard InChI is InChI=1S/C15H21N3O2/c1-5-18-10-16-12-7-6-11(8-13(12)18)20-9-14(19)17-15(2,3)4/h6-8,10H,5,9H2,1-4H3,(H,17,19). The number of aromatic nitrogens is 2. The number of hydrogen-bond acceptors (Lipinski definition) is 3. The van der Waals surface area contributed by atoms with E-state index in [2.05, 4.69) is 17.2 Å². The fourth-order valence-corrected chi connectivity index (χ4v) is 1.98. The number of ether oxygens (including phenoxy) is 1. The van der Waals surface area contributed by atoms with Gasteiger partial charge >= 0.3 is 0 Å². The molecule has 108 valence electrons. The highest BCUT2D eigenvalue weighted by Gasteiger charge is 2.14. The Morgan fingerprint density at radius 1 is 1.40 bits per heavy atom. The average molecular weight is 275 g/mol. The van der Waals surface area contributed by atoms with Crippen LogP contribution in [0, 0.1) is 0 Å². The largest absolute Gasteiger partial charge is 0.484 e. The summed E-state index contributed by atoms with van der Waals surface area (Å²) in [6.07, 6.45) is 1.81. The molecule has 0 aliphatic rings. The summed E-state index contributed by atoms with van der Waals surface area (Å²) in [4.78, 5) is 16.0. The van der Waals surface area contributed by atoms with E-state index in [1.54, 1.807) is 6.33 Å². The first kappa shape index (κ1) is 14.4. The van der Waals surface area contributed by atoms with E-state index in [4.69, 9.17) is 4.74 Å². The summed E-state index contributed by atoms with van der Waals surface area (Å²) in [6, 6.07) is 5.65. The number of aryl methyl sites for hydroxylation is 1. The van der Waals surface area contributed by atoms with Crippen molar-refractivity contribution in [2.75, 3.05) is 6.61 Å². The van der Waals surface area contributed by atoms with Gasteiger partial charge in [-0.3, -0.25) is 4.79 Å². The van der Waals surface area contributed by atoms with Crippen LogP contribution in [0.2, 0.25) is 0 Å². The maximum Gasteiger partial charge on any atom is 0.258 e. The molecule has 5 nitrogen and oxygen atoms in total. The normalized spacial score (nSPS) is 11.6. The molecule has 0 aliphatic heterocycles. The quantitative estimate of drug-likeness (QED) is 0.932. The summed E-state index contributed by atoms with van der Waals surface area (Å²) >= 11 is 0. The Labute approximate surface area is 118 Å². The highest BCUT2D eigenvalue weighted by Crippen LogP contribution is 2.20. The summed E-state index contributed by atoms with van der Waals surface area (Å²) in [5, 5.41) is 2.86. The van der Waals surface area contributed by atoms with Crippen molar-refractivity contribution in [2.24, 2.45) is 0 Å². The molecule has 0 bridgehead atoms. The minimum Gasteiger partial charge on any atom is -0.484 e. The Bertz CT molecular complexity index is 611. The highest BCUT2D eigenvalue weighted by atomic mass is 16.5. The van der Waals surface area contributed by atoms with Crippen LogP contribution >= 0.6 is 0 Å². The SMILES string of the molecule is CCn1cnc2ccc(OCC(=O)NC(C)(C)C)cc21. The van der Waals surface area contributed by atoms with E-state index in [9.17, 15) is 4.79 Å². The van der Waals surface area contributed by atoms with Crippen LogP contribution in [0.3, 0.4) is 0 Å². The zero-order chi connectivity index (χ0) is 14.8. The van der Waals surface area contributed by atoms with E-state index in [1.165, 1.54) is 0 Å². The molecular weight excluding hydrogens is 254 g/mol. The molecule has 1 heterocycles. The molecule has 1 amide bonds. The Morgan fingerprint density at radius 3 is 2.80 bits per heavy atom. The lowest BCUT2D eigenvalue weighted by atomic mass is 10.1. The second kappa shape index (κ2) is 5.53. The number of nitrogens with one attached hydrogen (secondary N) is 1. The van der Waals surface area contributed by atoms with E-state index >= 15 is 0 Å². The van der Waals surface area contributed by atoms with Crippen molar-refractivity contribution in [3.63, 3.8) is 0 Å². The molecule has 0 fully saturated rings. The van der Waals surface area contributed by atoms with Gasteiger partial charge in [0.15, 0.2) is 6.61 Å². The molecule has 1 N–H and O–H groups in total. The third-order valence-corrected chi connectivity index (χ3v) is 2.82. The Balaban J connectivity index is 2.05. The second-order valence-corrected chi connectivity index (χ2v) is 5.77. The molecule has 5 heteroatoms. The minimum absolute atomic E-state index is 0.0169. The van der Waals surface area contributed by atoms with Crippen LogP contribution in [0.1, 0.15) is 27.7 Å². The summed E-state index contributed by atoms with van der Waals surface area (Å²) in [6.45, 7) is 8.75. The fourth-order valence-electron chi connectivity index (χ4n) is 1.98. The van der Waals surface area contributed by atoms with Gasteiger partial charge in [0.1, 0.15) is 5.75 Å². The van der Waals surface area contributed by atoms with Crippen LogP contribution in [0.15, 0.2) is 24.5 Å². The van der Waals surface area contributed by atoms with E-state index in [0.717, 1.165) is 17.6 Å². The Hall–Kier alpha value is -2.04. The van der Waals surface area contributed by atoms with Crippen molar-refractivity contribution in [3.05, 3.63) is 24.5 Å². The summed E-state index contributed by atoms with van der Waals surface area (Å²) < 4.78 is 7.58. The van der Waals surface area contributed by atoms with Gasteiger partial charge in [-0.15, -0.1) is 0 Å². The van der Waals surface area contributed by atoms with Crippen molar-refractivity contribution in [1.29, 1.82) is 0 Å². The maximum atomic E-state index is 11.7. The second-order valence-electron chi connectivity index (χ2n) is 5.77. The van der Waals surface area contributed by atoms with Gasteiger partial charge in [-0.2, -0.15) is 0 Å². The first-order chi connectivity index (χ1) is 9.39. The Morgan fingerprint density at radius 2 is 2.15 bits per heavy atom. The lowest BCUT2D eigenvalue weighted by Crippen LogP contribution is -2.43. The van der Waals surface area contributed by atoms with E-state index in [-0.39, 0.29) is 18.1 Å². The summed E-state index contributed by atoms with van der Waals surface area (Å²) in [5.74, 6) is 0.554. The number of nitrogens with zero attached hydrogens (tertiary/aromatic N) is 2. The lowest BCUT2D eigenvalue weighted by molar-refractivity contribution is -0.124. The molecular formula is C15H21N3O2. The molecule has 0 spiro atoms. The number of benzene rings is 1. The molecule has 2 rings (SSSR count). The number of carbonyl (C=O) groups is 1. The number of imidazole rings is 1. The molecule has 0 radical (unpaired) electrons. The average Bonchev–Trinajstić information content (AvgIpc) is 2.76. The highest BCUT2D eigenvalue weighted by molar-refractivity contribution is 5.79. The van der Waals surface area contributed by atoms with Gasteiger partial charge < -0.3 is 14.6 Å². The third-order valence-electron chi connectivity index (χ3n) is 2.82. The van der Waals surface area contributed by atoms with Gasteiger partial charge in [0.05, 0.1) is 17.4 Å². The molecule has 0 saturated carbocycles. The van der Waals surface area contributed by atoms with Crippen LogP contribution in [0.25, 0.3) is 11.0 Å². The van der Waals surface area contributed by atoms with Crippen molar-refractivity contribution < 1.29 is 9.53 Å². The smallest absolute Gasteiger partial charge is 0.258 e. The molecule has 0 aliphatic carbocycles. The van der Waals surface area contributed by atoms with E-state index < -0.39 is 0 Å². The van der Waals surface area contributed by atoms with Crippen molar-refractivity contribution in [2.45, 2.75) is 39.8 Å². The third kappa shape index (κ3) is 3.50. The topological polar surface area (TPSA) is 56.2 Å². The van der Waals surface area contributed by atoms with Crippen LogP contribution in [0.5, 0.6) is 5.75 Å². The number of carbonyl (C=O) groups excluding carboxylic acids is 1. The molecule has 1 aromatic carbocycles. The minimum atomic E-state index is -0.245. The van der Waals surface area contributed by atoms with Gasteiger partial charge in [0.2, 0.25) is 0 Å². The molecule has 1 aromatic heterocycles. The number of amides is 1. The summed E-state index contributed by atoms with van der Waals surface area (Å²) in [7, 11) is 0. The van der Waals surface area contributed by atoms with Gasteiger partial charge in [-0.1, -0.05) is 0 Å². The van der Waals surface area contributed by atoms with Gasteiger partial charge in [0.25, 0.3) is 5.91 Å². The lowest BCUT2D eigenvalue weighted by Gasteiger charge is -2.20. The summed E-state index contributed by atoms with van der Waals surface area (Å²) in [5.41, 5.74) is 1.70. The molecule has 0 saturated heterocycles. The molecule has 2 aromatic rings. The molecule has 0 unspecified atom stereocenters. The van der Waals surface area contributed by atoms with Crippen molar-refractivity contribution >= 4 is 16.9 Å². The van der Waals surface area contributed by atoms with Crippen LogP contribution in [-0.2, 0) is 11.3 Å². The van der Waals surface area contributed by atoms with Crippen molar-refractivity contribution in [3.8, 4) is 5.75 Å². The zero-order valence-electron chi connectivity index (χ0n) is 12.4. The fraction of sp³-hybridized carbons (Fsp3) is 0.467. The maximum absolute atomic E-state index is 11.7. The van der Waals surface area contributed by atoms with Gasteiger partial charge in [-0.05, 0) is 39.8 Å². The first-order valence-electron chi connectivity index (χ1n) is 6.78. The van der Waals surface area contributed by atoms with E-state index in [1.807, 2.05) is 43.5 Å². The number of rotatable bonds is 4. The van der Waals surface area contributed by atoms with Crippen LogP contribution < -0.4 is 10.1 Å². The van der Waals surface area contributed by atoms with Gasteiger partial charge in [0, 0.05) is 18.2 Å². The molecule has 0 atom stereocenters. The predicted octanol–water partition coefficient (Wildman–Crippen LogP) is 2.35. The van der Waals surface area contributed by atoms with Crippen molar-refractivity contribution in [1.82, 2.24) is 14.9 Å². The Kier molecular flexibility index (Phi) is 3.97. The predicted molar refractivity (Wildman–Crippen MR) is 78.8 cm³/mol.